The lowest BCUT2D eigenvalue weighted by Gasteiger charge is -2.07. The lowest BCUT2D eigenvalue weighted by molar-refractivity contribution is 0.0599. The lowest BCUT2D eigenvalue weighted by Crippen LogP contribution is -2.05. The molecule has 0 saturated heterocycles. The third-order valence-electron chi connectivity index (χ3n) is 2.22. The molecule has 0 bridgehead atoms. The molecule has 0 radical (unpaired) electrons. The first-order valence-corrected chi connectivity index (χ1v) is 4.22. The molecule has 0 saturated carbocycles. The number of carbonyl (C=O) groups is 1. The number of ether oxygens (including phenoxy) is 1. The van der Waals surface area contributed by atoms with Gasteiger partial charge >= 0.3 is 5.97 Å². The van der Waals surface area contributed by atoms with Crippen molar-refractivity contribution in [2.24, 2.45) is 0 Å². The number of esters is 1. The van der Waals surface area contributed by atoms with Gasteiger partial charge in [-0.2, -0.15) is 0 Å². The van der Waals surface area contributed by atoms with Crippen LogP contribution in [0.2, 0.25) is 0 Å². The number of benzene rings is 1. The maximum atomic E-state index is 11.3. The van der Waals surface area contributed by atoms with E-state index >= 15 is 0 Å². The summed E-state index contributed by atoms with van der Waals surface area (Å²) in [6.45, 7) is 5.90. The normalized spacial score (nSPS) is 9.85. The van der Waals surface area contributed by atoms with Crippen molar-refractivity contribution in [3.8, 4) is 0 Å². The summed E-state index contributed by atoms with van der Waals surface area (Å²) in [5, 5.41) is 0. The second-order valence-electron chi connectivity index (χ2n) is 3.25. The summed E-state index contributed by atoms with van der Waals surface area (Å²) in [4.78, 5) is 11.3. The largest absolute Gasteiger partial charge is 0.465 e. The third-order valence-corrected chi connectivity index (χ3v) is 2.22. The number of hydrogen-bond donors (Lipinski definition) is 0. The average Bonchev–Trinajstić information content (AvgIpc) is 2.10. The van der Waals surface area contributed by atoms with E-state index in [-0.39, 0.29) is 5.97 Å². The van der Waals surface area contributed by atoms with Gasteiger partial charge in [0.25, 0.3) is 0 Å². The molecule has 1 aromatic carbocycles. The van der Waals surface area contributed by atoms with E-state index in [2.05, 4.69) is 10.8 Å². The van der Waals surface area contributed by atoms with Crippen molar-refractivity contribution in [3.63, 3.8) is 0 Å². The lowest BCUT2D eigenvalue weighted by atomic mass is 10.0. The molecule has 0 amide bonds. The monoisotopic (exact) mass is 178 g/mol. The Morgan fingerprint density at radius 1 is 1.23 bits per heavy atom. The zero-order valence-corrected chi connectivity index (χ0v) is 8.47. The van der Waals surface area contributed by atoms with E-state index in [9.17, 15) is 4.79 Å². The molecule has 0 aliphatic carbocycles. The van der Waals surface area contributed by atoms with Crippen LogP contribution in [0.1, 0.15) is 27.0 Å². The molecule has 0 unspecified atom stereocenters. The molecule has 1 rings (SSSR count). The summed E-state index contributed by atoms with van der Waals surface area (Å²) < 4.78 is 4.69. The summed E-state index contributed by atoms with van der Waals surface area (Å²) in [5.41, 5.74) is 3.88. The van der Waals surface area contributed by atoms with E-state index in [0.29, 0.717) is 5.56 Å². The predicted octanol–water partition coefficient (Wildman–Crippen LogP) is 2.40. The Balaban J connectivity index is 3.28. The molecule has 1 aromatic rings. The van der Waals surface area contributed by atoms with E-state index in [0.717, 1.165) is 16.7 Å². The molecule has 13 heavy (non-hydrogen) atoms. The Morgan fingerprint density at radius 3 is 2.38 bits per heavy atom. The van der Waals surface area contributed by atoms with E-state index in [1.165, 1.54) is 7.11 Å². The Bertz CT molecular complexity index is 340. The minimum absolute atomic E-state index is 0.260. The predicted molar refractivity (Wildman–Crippen MR) is 52.0 cm³/mol. The number of carbonyl (C=O) groups excluding carboxylic acids is 1. The standard InChI is InChI=1S/C11H14O2/c1-7-5-8(2)9(3)10(6-7)11(12)13-4/h5-6H,1-4H3. The van der Waals surface area contributed by atoms with Gasteiger partial charge in [0.15, 0.2) is 0 Å². The van der Waals surface area contributed by atoms with Gasteiger partial charge in [-0.05, 0) is 43.5 Å². The molecule has 2 heteroatoms. The molecular weight excluding hydrogens is 164 g/mol. The SMILES string of the molecule is COC(=O)c1cc(C)cc(C)c1C. The highest BCUT2D eigenvalue weighted by atomic mass is 16.5. The highest BCUT2D eigenvalue weighted by Gasteiger charge is 2.10. The van der Waals surface area contributed by atoms with Crippen LogP contribution in [0.5, 0.6) is 0 Å². The van der Waals surface area contributed by atoms with Crippen LogP contribution in [0.15, 0.2) is 12.1 Å². The van der Waals surface area contributed by atoms with E-state index in [1.54, 1.807) is 0 Å². The fourth-order valence-electron chi connectivity index (χ4n) is 1.36. The summed E-state index contributed by atoms with van der Waals surface area (Å²) in [6, 6.07) is 3.91. The fraction of sp³-hybridized carbons (Fsp3) is 0.364. The Morgan fingerprint density at radius 2 is 1.85 bits per heavy atom. The van der Waals surface area contributed by atoms with Crippen LogP contribution in [-0.4, -0.2) is 13.1 Å². The first-order valence-electron chi connectivity index (χ1n) is 4.22. The van der Waals surface area contributed by atoms with Crippen molar-refractivity contribution in [3.05, 3.63) is 34.4 Å². The second-order valence-corrected chi connectivity index (χ2v) is 3.25. The van der Waals surface area contributed by atoms with Crippen LogP contribution in [0.4, 0.5) is 0 Å². The molecule has 2 nitrogen and oxygen atoms in total. The number of rotatable bonds is 1. The number of aryl methyl sites for hydroxylation is 2. The van der Waals surface area contributed by atoms with Gasteiger partial charge < -0.3 is 4.74 Å². The topological polar surface area (TPSA) is 26.3 Å². The van der Waals surface area contributed by atoms with Gasteiger partial charge in [0.1, 0.15) is 0 Å². The van der Waals surface area contributed by atoms with Crippen LogP contribution in [0.3, 0.4) is 0 Å². The first kappa shape index (κ1) is 9.78. The van der Waals surface area contributed by atoms with Crippen LogP contribution in [0, 0.1) is 20.8 Å². The van der Waals surface area contributed by atoms with E-state index in [1.807, 2.05) is 26.8 Å². The smallest absolute Gasteiger partial charge is 0.338 e. The molecule has 70 valence electrons. The summed E-state index contributed by atoms with van der Waals surface area (Å²) >= 11 is 0. The van der Waals surface area contributed by atoms with Crippen molar-refractivity contribution in [2.75, 3.05) is 7.11 Å². The Kier molecular flexibility index (Phi) is 2.71. The molecule has 0 aliphatic rings. The molecule has 0 aliphatic heterocycles. The quantitative estimate of drug-likeness (QED) is 0.617. The van der Waals surface area contributed by atoms with E-state index < -0.39 is 0 Å². The van der Waals surface area contributed by atoms with Crippen LogP contribution < -0.4 is 0 Å². The van der Waals surface area contributed by atoms with Gasteiger partial charge in [0.2, 0.25) is 0 Å². The Labute approximate surface area is 78.5 Å². The zero-order chi connectivity index (χ0) is 10.0. The van der Waals surface area contributed by atoms with Gasteiger partial charge in [-0.25, -0.2) is 4.79 Å². The van der Waals surface area contributed by atoms with Crippen LogP contribution in [-0.2, 0) is 4.74 Å². The zero-order valence-electron chi connectivity index (χ0n) is 8.47. The van der Waals surface area contributed by atoms with Crippen molar-refractivity contribution in [1.82, 2.24) is 0 Å². The highest BCUT2D eigenvalue weighted by molar-refractivity contribution is 5.91. The van der Waals surface area contributed by atoms with Gasteiger partial charge in [-0.15, -0.1) is 0 Å². The van der Waals surface area contributed by atoms with Crippen molar-refractivity contribution < 1.29 is 9.53 Å². The maximum absolute atomic E-state index is 11.3. The minimum Gasteiger partial charge on any atom is -0.465 e. The molecule has 0 heterocycles. The maximum Gasteiger partial charge on any atom is 0.338 e. The number of methoxy groups -OCH3 is 1. The average molecular weight is 178 g/mol. The third kappa shape index (κ3) is 1.89. The fourth-order valence-corrected chi connectivity index (χ4v) is 1.36. The van der Waals surface area contributed by atoms with Crippen LogP contribution >= 0.6 is 0 Å². The Hall–Kier alpha value is -1.31. The van der Waals surface area contributed by atoms with Crippen molar-refractivity contribution >= 4 is 5.97 Å². The molecule has 0 atom stereocenters. The summed E-state index contributed by atoms with van der Waals surface area (Å²) in [6.07, 6.45) is 0. The minimum atomic E-state index is -0.260. The number of hydrogen-bond acceptors (Lipinski definition) is 2. The summed E-state index contributed by atoms with van der Waals surface area (Å²) in [5.74, 6) is -0.260. The van der Waals surface area contributed by atoms with Gasteiger partial charge in [-0.3, -0.25) is 0 Å². The van der Waals surface area contributed by atoms with Crippen molar-refractivity contribution in [2.45, 2.75) is 20.8 Å². The van der Waals surface area contributed by atoms with Crippen molar-refractivity contribution in [1.29, 1.82) is 0 Å². The second kappa shape index (κ2) is 3.60. The first-order chi connectivity index (χ1) is 6.06. The van der Waals surface area contributed by atoms with Gasteiger partial charge in [0.05, 0.1) is 12.7 Å². The van der Waals surface area contributed by atoms with Gasteiger partial charge in [-0.1, -0.05) is 6.07 Å². The molecular formula is C11H14O2. The summed E-state index contributed by atoms with van der Waals surface area (Å²) in [7, 11) is 1.40. The van der Waals surface area contributed by atoms with E-state index in [4.69, 9.17) is 0 Å². The van der Waals surface area contributed by atoms with Gasteiger partial charge in [0, 0.05) is 0 Å². The molecule has 0 aromatic heterocycles. The van der Waals surface area contributed by atoms with Crippen LogP contribution in [0.25, 0.3) is 0 Å². The molecule has 0 N–H and O–H groups in total. The highest BCUT2D eigenvalue weighted by Crippen LogP contribution is 2.16. The molecule has 0 spiro atoms. The molecule has 0 fully saturated rings.